The predicted octanol–water partition coefficient (Wildman–Crippen LogP) is 2.53. The van der Waals surface area contributed by atoms with Crippen molar-refractivity contribution in [2.45, 2.75) is 25.4 Å². The van der Waals surface area contributed by atoms with Gasteiger partial charge in [-0.2, -0.15) is 0 Å². The summed E-state index contributed by atoms with van der Waals surface area (Å²) in [6.45, 7) is 1.06. The van der Waals surface area contributed by atoms with Crippen LogP contribution in [0.5, 0.6) is 0 Å². The minimum atomic E-state index is -0.983. The molecule has 0 fully saturated rings. The van der Waals surface area contributed by atoms with Gasteiger partial charge in [0.05, 0.1) is 6.42 Å². The zero-order chi connectivity index (χ0) is 16.9. The van der Waals surface area contributed by atoms with Gasteiger partial charge in [0.2, 0.25) is 5.91 Å². The van der Waals surface area contributed by atoms with E-state index in [2.05, 4.69) is 5.32 Å². The summed E-state index contributed by atoms with van der Waals surface area (Å²) in [5, 5.41) is 12.2. The van der Waals surface area contributed by atoms with Crippen molar-refractivity contribution in [2.24, 2.45) is 0 Å². The van der Waals surface area contributed by atoms with Gasteiger partial charge in [0.15, 0.2) is 0 Å². The van der Waals surface area contributed by atoms with Crippen LogP contribution in [0.3, 0.4) is 0 Å². The van der Waals surface area contributed by atoms with E-state index in [0.717, 1.165) is 23.2 Å². The highest BCUT2D eigenvalue weighted by Gasteiger charge is 2.30. The lowest BCUT2D eigenvalue weighted by Gasteiger charge is -2.24. The molecule has 0 saturated carbocycles. The average molecular weight is 324 g/mol. The number of nitrogens with one attached hydrogen (secondary N) is 1. The largest absolute Gasteiger partial charge is 0.481 e. The third kappa shape index (κ3) is 3.74. The molecule has 124 valence electrons. The van der Waals surface area contributed by atoms with E-state index in [9.17, 15) is 9.59 Å². The number of hydrogen-bond acceptors (Lipinski definition) is 3. The van der Waals surface area contributed by atoms with Crippen LogP contribution >= 0.6 is 0 Å². The van der Waals surface area contributed by atoms with Crippen molar-refractivity contribution in [1.29, 1.82) is 0 Å². The minimum absolute atomic E-state index is 0.162. The van der Waals surface area contributed by atoms with Gasteiger partial charge in [-0.3, -0.25) is 9.59 Å². The monoisotopic (exact) mass is 324 g/mol. The summed E-state index contributed by atoms with van der Waals surface area (Å²) in [6.07, 6.45) is 0.517. The third-order valence-electron chi connectivity index (χ3n) is 4.21. The molecule has 1 aliphatic heterocycles. The van der Waals surface area contributed by atoms with Gasteiger partial charge in [0, 0.05) is 18.8 Å². The summed E-state index contributed by atoms with van der Waals surface area (Å²) in [6, 6.07) is 16.9. The van der Waals surface area contributed by atoms with Gasteiger partial charge in [0.25, 0.3) is 0 Å². The topological polar surface area (TPSA) is 69.6 Å². The number of aliphatic carboxylic acids is 1. The molecule has 0 spiro atoms. The van der Waals surface area contributed by atoms with Crippen molar-refractivity contribution in [1.82, 2.24) is 4.90 Å². The van der Waals surface area contributed by atoms with Crippen LogP contribution in [-0.4, -0.2) is 34.5 Å². The number of fused-ring (bicyclic) bond motifs is 1. The first-order valence-electron chi connectivity index (χ1n) is 8.02. The highest BCUT2D eigenvalue weighted by atomic mass is 16.4. The molecule has 1 aliphatic rings. The Kier molecular flexibility index (Phi) is 4.79. The zero-order valence-corrected chi connectivity index (χ0v) is 13.3. The van der Waals surface area contributed by atoms with Gasteiger partial charge in [-0.15, -0.1) is 0 Å². The molecule has 0 bridgehead atoms. The van der Waals surface area contributed by atoms with E-state index < -0.39 is 12.0 Å². The van der Waals surface area contributed by atoms with Crippen LogP contribution in [0.15, 0.2) is 54.6 Å². The fourth-order valence-electron chi connectivity index (χ4n) is 2.96. The quantitative estimate of drug-likeness (QED) is 0.887. The number of carbonyl (C=O) groups excluding carboxylic acids is 1. The summed E-state index contributed by atoms with van der Waals surface area (Å²) in [4.78, 5) is 25.6. The maximum atomic E-state index is 12.8. The second kappa shape index (κ2) is 7.17. The molecule has 0 aromatic heterocycles. The molecule has 5 heteroatoms. The molecule has 0 radical (unpaired) electrons. The molecule has 2 aromatic carbocycles. The predicted molar refractivity (Wildman–Crippen MR) is 91.7 cm³/mol. The maximum Gasteiger partial charge on any atom is 0.305 e. The molecule has 0 aliphatic carbocycles. The molecule has 3 rings (SSSR count). The zero-order valence-electron chi connectivity index (χ0n) is 13.3. The number of nitrogens with zero attached hydrogens (tertiary/aromatic N) is 1. The third-order valence-corrected chi connectivity index (χ3v) is 4.21. The molecule has 2 aromatic rings. The summed E-state index contributed by atoms with van der Waals surface area (Å²) < 4.78 is 0. The average Bonchev–Trinajstić information content (AvgIpc) is 2.71. The van der Waals surface area contributed by atoms with Crippen LogP contribution in [0.25, 0.3) is 0 Å². The van der Waals surface area contributed by atoms with Crippen molar-refractivity contribution in [3.63, 3.8) is 0 Å². The van der Waals surface area contributed by atoms with Gasteiger partial charge in [0.1, 0.15) is 6.04 Å². The molecule has 24 heavy (non-hydrogen) atoms. The molecule has 5 nitrogen and oxygen atoms in total. The fraction of sp³-hybridized carbons (Fsp3) is 0.263. The lowest BCUT2D eigenvalue weighted by molar-refractivity contribution is -0.141. The number of carboxylic acids is 1. The van der Waals surface area contributed by atoms with Crippen molar-refractivity contribution in [3.8, 4) is 0 Å². The van der Waals surface area contributed by atoms with Crippen molar-refractivity contribution >= 4 is 17.6 Å². The number of hydrogen-bond donors (Lipinski definition) is 2. The van der Waals surface area contributed by atoms with Gasteiger partial charge in [-0.1, -0.05) is 48.5 Å². The van der Waals surface area contributed by atoms with Gasteiger partial charge >= 0.3 is 5.97 Å². The highest BCUT2D eigenvalue weighted by molar-refractivity contribution is 5.90. The van der Waals surface area contributed by atoms with E-state index in [0.29, 0.717) is 13.1 Å². The lowest BCUT2D eigenvalue weighted by atomic mass is 10.1. The van der Waals surface area contributed by atoms with E-state index in [1.54, 1.807) is 4.90 Å². The molecular formula is C19H20N2O3. The highest BCUT2D eigenvalue weighted by Crippen LogP contribution is 2.24. The van der Waals surface area contributed by atoms with E-state index >= 15 is 0 Å². The molecular weight excluding hydrogens is 304 g/mol. The Bertz CT molecular complexity index is 730. The maximum absolute atomic E-state index is 12.8. The van der Waals surface area contributed by atoms with E-state index in [1.807, 2.05) is 54.6 Å². The first kappa shape index (κ1) is 16.1. The van der Waals surface area contributed by atoms with Crippen LogP contribution in [0, 0.1) is 0 Å². The number of rotatable bonds is 5. The van der Waals surface area contributed by atoms with E-state index in [-0.39, 0.29) is 12.3 Å². The summed E-state index contributed by atoms with van der Waals surface area (Å²) in [5.41, 5.74) is 3.00. The number of anilines is 1. The van der Waals surface area contributed by atoms with Gasteiger partial charge < -0.3 is 15.3 Å². The number of carbonyl (C=O) groups is 2. The molecule has 1 amide bonds. The Morgan fingerprint density at radius 1 is 1.12 bits per heavy atom. The molecule has 2 N–H and O–H groups in total. The molecule has 1 heterocycles. The number of para-hydroxylation sites is 1. The van der Waals surface area contributed by atoms with Crippen LogP contribution in [-0.2, 0) is 22.6 Å². The van der Waals surface area contributed by atoms with E-state index in [1.165, 1.54) is 0 Å². The van der Waals surface area contributed by atoms with Crippen LogP contribution in [0.4, 0.5) is 5.69 Å². The van der Waals surface area contributed by atoms with Crippen molar-refractivity contribution in [2.75, 3.05) is 11.9 Å². The number of benzene rings is 2. The fourth-order valence-corrected chi connectivity index (χ4v) is 2.96. The SMILES string of the molecule is O=C(O)CC1Nc2ccccc2CN(CCc2ccccc2)C1=O. The minimum Gasteiger partial charge on any atom is -0.481 e. The molecule has 1 atom stereocenters. The Morgan fingerprint density at radius 3 is 2.58 bits per heavy atom. The van der Waals surface area contributed by atoms with E-state index in [4.69, 9.17) is 5.11 Å². The molecule has 0 saturated heterocycles. The summed E-state index contributed by atoms with van der Waals surface area (Å²) in [5.74, 6) is -1.15. The van der Waals surface area contributed by atoms with Crippen molar-refractivity contribution in [3.05, 3.63) is 65.7 Å². The van der Waals surface area contributed by atoms with Crippen molar-refractivity contribution < 1.29 is 14.7 Å². The Morgan fingerprint density at radius 2 is 1.83 bits per heavy atom. The second-order valence-corrected chi connectivity index (χ2v) is 5.95. The summed E-state index contributed by atoms with van der Waals surface area (Å²) >= 11 is 0. The molecule has 1 unspecified atom stereocenters. The van der Waals surface area contributed by atoms with Crippen LogP contribution in [0.1, 0.15) is 17.5 Å². The van der Waals surface area contributed by atoms with Gasteiger partial charge in [-0.05, 0) is 23.6 Å². The van der Waals surface area contributed by atoms with Crippen LogP contribution in [0.2, 0.25) is 0 Å². The summed E-state index contributed by atoms with van der Waals surface area (Å²) in [7, 11) is 0. The number of amides is 1. The smallest absolute Gasteiger partial charge is 0.305 e. The first-order valence-corrected chi connectivity index (χ1v) is 8.02. The van der Waals surface area contributed by atoms with Crippen LogP contribution < -0.4 is 5.32 Å². The Labute approximate surface area is 140 Å². The first-order chi connectivity index (χ1) is 11.6. The van der Waals surface area contributed by atoms with Gasteiger partial charge in [-0.25, -0.2) is 0 Å². The normalized spacial score (nSPS) is 16.9. The standard InChI is InChI=1S/C19H20N2O3/c22-18(23)12-17-19(24)21(11-10-14-6-2-1-3-7-14)13-15-8-4-5-9-16(15)20-17/h1-9,17,20H,10-13H2,(H,22,23). The Balaban J connectivity index is 1.81. The lowest BCUT2D eigenvalue weighted by Crippen LogP contribution is -2.42. The second-order valence-electron chi connectivity index (χ2n) is 5.95. The Hall–Kier alpha value is -2.82. The number of carboxylic acid groups (broad SMARTS) is 1.